The molecule has 6 nitrogen and oxygen atoms in total. The van der Waals surface area contributed by atoms with Crippen LogP contribution in [-0.2, 0) is 16.0 Å². The molecule has 0 saturated heterocycles. The SMILES string of the molecule is COCCCN(CCOC)C(=O)c1coc(CN)c1. The molecule has 0 saturated carbocycles. The van der Waals surface area contributed by atoms with E-state index in [1.165, 1.54) is 6.26 Å². The van der Waals surface area contributed by atoms with Crippen LogP contribution in [0.2, 0.25) is 0 Å². The largest absolute Gasteiger partial charge is 0.467 e. The van der Waals surface area contributed by atoms with Gasteiger partial charge < -0.3 is 24.5 Å². The number of carbonyl (C=O) groups excluding carboxylic acids is 1. The number of nitrogens with two attached hydrogens (primary N) is 1. The molecule has 0 radical (unpaired) electrons. The van der Waals surface area contributed by atoms with E-state index in [0.29, 0.717) is 37.6 Å². The first-order valence-electron chi connectivity index (χ1n) is 6.27. The van der Waals surface area contributed by atoms with E-state index in [2.05, 4.69) is 0 Å². The molecule has 0 unspecified atom stereocenters. The van der Waals surface area contributed by atoms with Crippen molar-refractivity contribution in [2.24, 2.45) is 5.73 Å². The van der Waals surface area contributed by atoms with Crippen molar-refractivity contribution in [3.05, 3.63) is 23.7 Å². The summed E-state index contributed by atoms with van der Waals surface area (Å²) in [4.78, 5) is 14.0. The fourth-order valence-electron chi connectivity index (χ4n) is 1.70. The first-order chi connectivity index (χ1) is 9.22. The minimum absolute atomic E-state index is 0.0726. The first-order valence-corrected chi connectivity index (χ1v) is 6.27. The van der Waals surface area contributed by atoms with Gasteiger partial charge in [0, 0.05) is 33.9 Å². The molecule has 1 aromatic rings. The number of hydrogen-bond donors (Lipinski definition) is 1. The van der Waals surface area contributed by atoms with Gasteiger partial charge in [-0.05, 0) is 12.5 Å². The Kier molecular flexibility index (Phi) is 7.17. The Labute approximate surface area is 113 Å². The number of rotatable bonds is 9. The number of hydrogen-bond acceptors (Lipinski definition) is 5. The van der Waals surface area contributed by atoms with Crippen LogP contribution in [0.5, 0.6) is 0 Å². The van der Waals surface area contributed by atoms with Gasteiger partial charge in [-0.25, -0.2) is 0 Å². The smallest absolute Gasteiger partial charge is 0.257 e. The van der Waals surface area contributed by atoms with Crippen LogP contribution >= 0.6 is 0 Å². The predicted octanol–water partition coefficient (Wildman–Crippen LogP) is 0.863. The van der Waals surface area contributed by atoms with E-state index in [-0.39, 0.29) is 12.5 Å². The van der Waals surface area contributed by atoms with Crippen LogP contribution in [0.15, 0.2) is 16.7 Å². The van der Waals surface area contributed by atoms with Crippen LogP contribution in [0.4, 0.5) is 0 Å². The van der Waals surface area contributed by atoms with Gasteiger partial charge in [0.25, 0.3) is 5.91 Å². The zero-order chi connectivity index (χ0) is 14.1. The third-order valence-electron chi connectivity index (χ3n) is 2.73. The maximum absolute atomic E-state index is 12.3. The maximum Gasteiger partial charge on any atom is 0.257 e. The summed E-state index contributed by atoms with van der Waals surface area (Å²) in [5.41, 5.74) is 5.98. The van der Waals surface area contributed by atoms with Crippen LogP contribution < -0.4 is 5.73 Å². The van der Waals surface area contributed by atoms with Gasteiger partial charge in [-0.2, -0.15) is 0 Å². The Hall–Kier alpha value is -1.37. The molecule has 1 rings (SSSR count). The molecule has 1 heterocycles. The summed E-state index contributed by atoms with van der Waals surface area (Å²) in [6, 6.07) is 1.68. The van der Waals surface area contributed by atoms with Crippen LogP contribution in [-0.4, -0.2) is 51.3 Å². The molecule has 0 aliphatic rings. The minimum Gasteiger partial charge on any atom is -0.467 e. The van der Waals surface area contributed by atoms with Crippen molar-refractivity contribution >= 4 is 5.91 Å². The molecule has 1 aromatic heterocycles. The van der Waals surface area contributed by atoms with Gasteiger partial charge in [0.2, 0.25) is 0 Å². The van der Waals surface area contributed by atoms with Gasteiger partial charge >= 0.3 is 0 Å². The molecule has 108 valence electrons. The quantitative estimate of drug-likeness (QED) is 0.673. The highest BCUT2D eigenvalue weighted by atomic mass is 16.5. The van der Waals surface area contributed by atoms with Crippen molar-refractivity contribution in [1.29, 1.82) is 0 Å². The van der Waals surface area contributed by atoms with Crippen LogP contribution in [0.3, 0.4) is 0 Å². The van der Waals surface area contributed by atoms with E-state index >= 15 is 0 Å². The van der Waals surface area contributed by atoms with Gasteiger partial charge in [-0.3, -0.25) is 4.79 Å². The molecule has 0 atom stereocenters. The van der Waals surface area contributed by atoms with E-state index in [1.54, 1.807) is 25.2 Å². The zero-order valence-electron chi connectivity index (χ0n) is 11.6. The van der Waals surface area contributed by atoms with E-state index in [4.69, 9.17) is 19.6 Å². The molecule has 1 amide bonds. The Morgan fingerprint density at radius 1 is 1.32 bits per heavy atom. The second kappa shape index (κ2) is 8.68. The molecule has 0 bridgehead atoms. The summed E-state index contributed by atoms with van der Waals surface area (Å²) < 4.78 is 15.2. The minimum atomic E-state index is -0.0726. The fourth-order valence-corrected chi connectivity index (χ4v) is 1.70. The second-order valence-corrected chi connectivity index (χ2v) is 4.14. The average molecular weight is 270 g/mol. The highest BCUT2D eigenvalue weighted by molar-refractivity contribution is 5.94. The van der Waals surface area contributed by atoms with Crippen molar-refractivity contribution < 1.29 is 18.7 Å². The molecule has 2 N–H and O–H groups in total. The van der Waals surface area contributed by atoms with E-state index < -0.39 is 0 Å². The van der Waals surface area contributed by atoms with Gasteiger partial charge in [-0.1, -0.05) is 0 Å². The summed E-state index contributed by atoms with van der Waals surface area (Å²) >= 11 is 0. The third kappa shape index (κ3) is 5.02. The molecule has 0 spiro atoms. The Morgan fingerprint density at radius 3 is 2.63 bits per heavy atom. The lowest BCUT2D eigenvalue weighted by Gasteiger charge is -2.21. The van der Waals surface area contributed by atoms with Crippen LogP contribution in [0.25, 0.3) is 0 Å². The van der Waals surface area contributed by atoms with Gasteiger partial charge in [0.15, 0.2) is 0 Å². The highest BCUT2D eigenvalue weighted by Crippen LogP contribution is 2.10. The number of ether oxygens (including phenoxy) is 2. The second-order valence-electron chi connectivity index (χ2n) is 4.14. The lowest BCUT2D eigenvalue weighted by molar-refractivity contribution is 0.0673. The number of furan rings is 1. The summed E-state index contributed by atoms with van der Waals surface area (Å²) in [6.45, 7) is 2.58. The summed E-state index contributed by atoms with van der Waals surface area (Å²) in [5.74, 6) is 0.531. The number of nitrogens with zero attached hydrogens (tertiary/aromatic N) is 1. The number of methoxy groups -OCH3 is 2. The predicted molar refractivity (Wildman–Crippen MR) is 70.9 cm³/mol. The van der Waals surface area contributed by atoms with E-state index in [1.807, 2.05) is 0 Å². The third-order valence-corrected chi connectivity index (χ3v) is 2.73. The van der Waals surface area contributed by atoms with Gasteiger partial charge in [0.1, 0.15) is 12.0 Å². The molecule has 0 fully saturated rings. The van der Waals surface area contributed by atoms with Crippen molar-refractivity contribution in [2.45, 2.75) is 13.0 Å². The maximum atomic E-state index is 12.3. The van der Waals surface area contributed by atoms with E-state index in [0.717, 1.165) is 6.42 Å². The molecule has 6 heteroatoms. The molecular formula is C13H22N2O4. The summed E-state index contributed by atoms with van der Waals surface area (Å²) in [5, 5.41) is 0. The summed E-state index contributed by atoms with van der Waals surface area (Å²) in [7, 11) is 3.26. The van der Waals surface area contributed by atoms with Crippen molar-refractivity contribution in [2.75, 3.05) is 40.5 Å². The molecule has 0 aliphatic carbocycles. The average Bonchev–Trinajstić information content (AvgIpc) is 2.91. The number of carbonyl (C=O) groups is 1. The molecule has 19 heavy (non-hydrogen) atoms. The van der Waals surface area contributed by atoms with Crippen molar-refractivity contribution in [3.63, 3.8) is 0 Å². The van der Waals surface area contributed by atoms with E-state index in [9.17, 15) is 4.79 Å². The Bertz CT molecular complexity index is 378. The topological polar surface area (TPSA) is 77.9 Å². The molecule has 0 aromatic carbocycles. The first kappa shape index (κ1) is 15.7. The standard InChI is InChI=1S/C13H22N2O4/c1-17-6-3-4-15(5-7-18-2)13(16)11-8-12(9-14)19-10-11/h8,10H,3-7,9,14H2,1-2H3. The van der Waals surface area contributed by atoms with Crippen molar-refractivity contribution in [3.8, 4) is 0 Å². The summed E-state index contributed by atoms with van der Waals surface area (Å²) in [6.07, 6.45) is 2.23. The molecule has 0 aliphatic heterocycles. The van der Waals surface area contributed by atoms with Crippen LogP contribution in [0, 0.1) is 0 Å². The lowest BCUT2D eigenvalue weighted by Crippen LogP contribution is -2.35. The van der Waals surface area contributed by atoms with Gasteiger partial charge in [0.05, 0.1) is 18.7 Å². The lowest BCUT2D eigenvalue weighted by atomic mass is 10.2. The number of amides is 1. The zero-order valence-corrected chi connectivity index (χ0v) is 11.6. The van der Waals surface area contributed by atoms with Crippen molar-refractivity contribution in [1.82, 2.24) is 4.90 Å². The Morgan fingerprint density at radius 2 is 2.05 bits per heavy atom. The monoisotopic (exact) mass is 270 g/mol. The normalized spacial score (nSPS) is 10.7. The van der Waals surface area contributed by atoms with Crippen LogP contribution in [0.1, 0.15) is 22.5 Å². The highest BCUT2D eigenvalue weighted by Gasteiger charge is 2.17. The Balaban J connectivity index is 2.63. The fraction of sp³-hybridized carbons (Fsp3) is 0.615. The molecular weight excluding hydrogens is 248 g/mol. The van der Waals surface area contributed by atoms with Gasteiger partial charge in [-0.15, -0.1) is 0 Å².